The third kappa shape index (κ3) is 4.82. The van der Waals surface area contributed by atoms with E-state index in [1.54, 1.807) is 32.0 Å². The van der Waals surface area contributed by atoms with Crippen molar-refractivity contribution in [3.63, 3.8) is 0 Å². The number of aliphatic hydroxyl groups excluding tert-OH is 3. The fraction of sp³-hybridized carbons (Fsp3) is 0.636. The van der Waals surface area contributed by atoms with Crippen molar-refractivity contribution in [2.24, 2.45) is 22.5 Å². The average molecular weight is 646 g/mol. The lowest BCUT2D eigenvalue weighted by molar-refractivity contribution is -0.346. The van der Waals surface area contributed by atoms with Crippen molar-refractivity contribution in [1.82, 2.24) is 0 Å². The third-order valence-electron chi connectivity index (χ3n) is 10.9. The number of ketones is 1. The molecular weight excluding hydrogens is 602 g/mol. The Kier molecular flexibility index (Phi) is 8.53. The molecule has 252 valence electrons. The quantitative estimate of drug-likeness (QED) is 0.161. The molecule has 2 bridgehead atoms. The van der Waals surface area contributed by atoms with E-state index in [1.807, 2.05) is 0 Å². The van der Waals surface area contributed by atoms with Crippen molar-refractivity contribution in [1.29, 1.82) is 0 Å². The molecule has 11 atom stereocenters. The van der Waals surface area contributed by atoms with E-state index in [2.05, 4.69) is 0 Å². The summed E-state index contributed by atoms with van der Waals surface area (Å²) in [5.41, 5.74) is -1.32. The van der Waals surface area contributed by atoms with Gasteiger partial charge in [0.25, 0.3) is 0 Å². The number of hydrogen-bond acceptors (Lipinski definition) is 13. The maximum absolute atomic E-state index is 14.6. The van der Waals surface area contributed by atoms with Crippen LogP contribution in [0.4, 0.5) is 0 Å². The highest BCUT2D eigenvalue weighted by atomic mass is 16.6. The number of benzene rings is 1. The molecule has 46 heavy (non-hydrogen) atoms. The zero-order chi connectivity index (χ0) is 34.1. The molecular formula is C33H43NO12. The molecule has 5 rings (SSSR count). The molecule has 3 fully saturated rings. The second-order valence-electron chi connectivity index (χ2n) is 13.9. The monoisotopic (exact) mass is 645 g/mol. The normalized spacial score (nSPS) is 39.3. The van der Waals surface area contributed by atoms with Gasteiger partial charge in [-0.1, -0.05) is 32.0 Å². The summed E-state index contributed by atoms with van der Waals surface area (Å²) in [6, 6.07) is 6.92. The van der Waals surface area contributed by atoms with Crippen LogP contribution in [0.25, 0.3) is 0 Å². The predicted octanol–water partition coefficient (Wildman–Crippen LogP) is 0.341. The summed E-state index contributed by atoms with van der Waals surface area (Å²) < 4.78 is 23.6. The number of Topliss-reactive ketones (excluding diaryl/α,β-unsaturated/α-hetero) is 1. The second-order valence-corrected chi connectivity index (χ2v) is 13.9. The van der Waals surface area contributed by atoms with Crippen molar-refractivity contribution in [2.75, 3.05) is 6.61 Å². The van der Waals surface area contributed by atoms with Gasteiger partial charge in [-0.3, -0.25) is 9.59 Å². The minimum atomic E-state index is -2.24. The third-order valence-corrected chi connectivity index (χ3v) is 10.9. The van der Waals surface area contributed by atoms with Crippen molar-refractivity contribution in [3.8, 4) is 0 Å². The van der Waals surface area contributed by atoms with Gasteiger partial charge in [0.1, 0.15) is 30.0 Å². The Morgan fingerprint density at radius 3 is 2.26 bits per heavy atom. The van der Waals surface area contributed by atoms with Crippen LogP contribution >= 0.6 is 0 Å². The molecule has 6 N–H and O–H groups in total. The molecule has 3 aliphatic carbocycles. The van der Waals surface area contributed by atoms with Crippen LogP contribution in [0.2, 0.25) is 0 Å². The van der Waals surface area contributed by atoms with E-state index in [0.717, 1.165) is 0 Å². The first-order chi connectivity index (χ1) is 21.3. The number of fused-ring (bicyclic) bond motifs is 5. The van der Waals surface area contributed by atoms with Crippen LogP contribution in [0.15, 0.2) is 41.5 Å². The van der Waals surface area contributed by atoms with Crippen LogP contribution in [-0.4, -0.2) is 105 Å². The number of esters is 3. The fourth-order valence-electron chi connectivity index (χ4n) is 8.20. The van der Waals surface area contributed by atoms with Gasteiger partial charge in [-0.15, -0.1) is 0 Å². The van der Waals surface area contributed by atoms with Crippen LogP contribution in [0.5, 0.6) is 0 Å². The van der Waals surface area contributed by atoms with E-state index in [-0.39, 0.29) is 29.7 Å². The summed E-state index contributed by atoms with van der Waals surface area (Å²) in [5.74, 6) is -5.03. The second kappa shape index (κ2) is 11.5. The molecule has 0 amide bonds. The van der Waals surface area contributed by atoms with Gasteiger partial charge in [-0.2, -0.15) is 0 Å². The Bertz CT molecular complexity index is 1460. The van der Waals surface area contributed by atoms with E-state index in [1.165, 1.54) is 39.8 Å². The Morgan fingerprint density at radius 1 is 1.09 bits per heavy atom. The standard InChI is InChI=1S/C33H43NO12/c1-15-19(44-29(41)23(37)16(2)34)13-33(42)27(45-28(40)18-10-8-7-9-11-18)25-31(6,26(39)24(38)22(15)30(33,4)5)20(36)12-21-32(25,14-43-21)46-17(3)35/h7-11,16,19-21,23-25,27,36-38,42H,12-14,34H2,1-6H3/t16-,19-,20-,21+,23+,24+,25-,27-,31+,32-,33+/m0/s1. The molecule has 1 aromatic rings. The van der Waals surface area contributed by atoms with Gasteiger partial charge in [-0.25, -0.2) is 9.59 Å². The molecule has 13 heteroatoms. The molecule has 0 unspecified atom stereocenters. The summed E-state index contributed by atoms with van der Waals surface area (Å²) in [6.07, 6.45) is -9.66. The maximum Gasteiger partial charge on any atom is 0.338 e. The first-order valence-corrected chi connectivity index (χ1v) is 15.4. The number of rotatable bonds is 6. The first kappa shape index (κ1) is 34.1. The highest BCUT2D eigenvalue weighted by Gasteiger charge is 2.78. The zero-order valence-corrected chi connectivity index (χ0v) is 26.8. The number of aliphatic hydroxyl groups is 4. The van der Waals surface area contributed by atoms with Gasteiger partial charge < -0.3 is 45.1 Å². The van der Waals surface area contributed by atoms with Crippen LogP contribution < -0.4 is 5.73 Å². The summed E-state index contributed by atoms with van der Waals surface area (Å²) in [6.45, 7) is 8.39. The largest absolute Gasteiger partial charge is 0.456 e. The molecule has 1 aromatic carbocycles. The zero-order valence-electron chi connectivity index (χ0n) is 26.8. The summed E-state index contributed by atoms with van der Waals surface area (Å²) in [7, 11) is 0. The van der Waals surface area contributed by atoms with Crippen LogP contribution in [0.1, 0.15) is 64.7 Å². The highest BCUT2D eigenvalue weighted by Crippen LogP contribution is 2.64. The molecule has 1 heterocycles. The maximum atomic E-state index is 14.6. The minimum absolute atomic E-state index is 0.000455. The minimum Gasteiger partial charge on any atom is -0.456 e. The highest BCUT2D eigenvalue weighted by molar-refractivity contribution is 5.94. The van der Waals surface area contributed by atoms with Gasteiger partial charge in [0.15, 0.2) is 17.5 Å². The van der Waals surface area contributed by atoms with E-state index in [4.69, 9.17) is 24.7 Å². The van der Waals surface area contributed by atoms with Crippen LogP contribution in [0.3, 0.4) is 0 Å². The van der Waals surface area contributed by atoms with E-state index in [0.29, 0.717) is 0 Å². The number of hydrogen-bond donors (Lipinski definition) is 5. The number of nitrogens with two attached hydrogens (primary N) is 1. The number of ether oxygens (including phenoxy) is 4. The van der Waals surface area contributed by atoms with Gasteiger partial charge in [0.2, 0.25) is 0 Å². The summed E-state index contributed by atoms with van der Waals surface area (Å²) in [5, 5.41) is 46.9. The lowest BCUT2D eigenvalue weighted by Gasteiger charge is -2.67. The molecule has 4 aliphatic rings. The smallest absolute Gasteiger partial charge is 0.338 e. The van der Waals surface area contributed by atoms with Gasteiger partial charge in [-0.05, 0) is 44.1 Å². The van der Waals surface area contributed by atoms with Gasteiger partial charge in [0, 0.05) is 31.2 Å². The van der Waals surface area contributed by atoms with Gasteiger partial charge >= 0.3 is 17.9 Å². The Balaban J connectivity index is 1.79. The lowest BCUT2D eigenvalue weighted by atomic mass is 9.44. The van der Waals surface area contributed by atoms with E-state index >= 15 is 0 Å². The molecule has 1 aliphatic heterocycles. The van der Waals surface area contributed by atoms with Crippen molar-refractivity contribution in [2.45, 2.75) is 108 Å². The number of carbonyl (C=O) groups excluding carboxylic acids is 4. The Labute approximate surface area is 266 Å². The predicted molar refractivity (Wildman–Crippen MR) is 159 cm³/mol. The molecule has 0 spiro atoms. The summed E-state index contributed by atoms with van der Waals surface area (Å²) >= 11 is 0. The first-order valence-electron chi connectivity index (χ1n) is 15.4. The molecule has 1 saturated heterocycles. The van der Waals surface area contributed by atoms with Crippen LogP contribution in [0, 0.1) is 16.7 Å². The summed E-state index contributed by atoms with van der Waals surface area (Å²) in [4.78, 5) is 54.0. The van der Waals surface area contributed by atoms with Crippen molar-refractivity contribution in [3.05, 3.63) is 47.0 Å². The van der Waals surface area contributed by atoms with E-state index in [9.17, 15) is 39.6 Å². The average Bonchev–Trinajstić information content (AvgIpc) is 2.98. The van der Waals surface area contributed by atoms with Gasteiger partial charge in [0.05, 0.1) is 29.6 Å². The van der Waals surface area contributed by atoms with Crippen molar-refractivity contribution >= 4 is 23.7 Å². The SMILES string of the molecule is CC(=O)O[C@@]12CO[C@@H]1C[C@H](O)[C@@]1(C)C(=O)[C@H](O)C3=C(C)[C@@H](OC(=O)[C@H](O)[C@H](C)N)C[C@@](O)([C@@H](OC(=O)c4ccccc4)[C@H]21)C3(C)C. The fourth-order valence-corrected chi connectivity index (χ4v) is 8.20. The van der Waals surface area contributed by atoms with Crippen LogP contribution in [-0.2, 0) is 33.3 Å². The Hall–Kier alpha value is -3.20. The van der Waals surface area contributed by atoms with Crippen molar-refractivity contribution < 1.29 is 58.6 Å². The topological polar surface area (TPSA) is 212 Å². The molecule has 0 radical (unpaired) electrons. The Morgan fingerprint density at radius 2 is 1.72 bits per heavy atom. The lowest BCUT2D eigenvalue weighted by Crippen LogP contribution is -2.81. The number of carbonyl (C=O) groups is 4. The molecule has 0 aromatic heterocycles. The van der Waals surface area contributed by atoms with E-state index < -0.39 is 101 Å². The molecule has 13 nitrogen and oxygen atoms in total. The molecule has 2 saturated carbocycles.